The Morgan fingerprint density at radius 3 is 2.67 bits per heavy atom. The monoisotopic (exact) mass is 315 g/mol. The SMILES string of the molecule is COc1ccc(Br)cc1CN(C)C(=O)C(C)OC. The number of hydrogen-bond donors (Lipinski definition) is 0. The Bertz CT molecular complexity index is 423. The van der Waals surface area contributed by atoms with Gasteiger partial charge in [0.2, 0.25) is 0 Å². The van der Waals surface area contributed by atoms with Crippen LogP contribution in [-0.2, 0) is 16.1 Å². The highest BCUT2D eigenvalue weighted by Gasteiger charge is 2.18. The lowest BCUT2D eigenvalue weighted by atomic mass is 10.2. The molecule has 0 saturated carbocycles. The number of carbonyl (C=O) groups is 1. The maximum Gasteiger partial charge on any atom is 0.251 e. The van der Waals surface area contributed by atoms with Gasteiger partial charge in [-0.2, -0.15) is 0 Å². The van der Waals surface area contributed by atoms with Gasteiger partial charge in [-0.05, 0) is 25.1 Å². The van der Waals surface area contributed by atoms with Crippen molar-refractivity contribution in [3.05, 3.63) is 28.2 Å². The molecule has 0 radical (unpaired) electrons. The second-order valence-corrected chi connectivity index (χ2v) is 4.94. The number of likely N-dealkylation sites (N-methyl/N-ethyl adjacent to an activating group) is 1. The molecule has 0 aliphatic heterocycles. The molecule has 0 spiro atoms. The van der Waals surface area contributed by atoms with E-state index in [0.29, 0.717) is 6.54 Å². The van der Waals surface area contributed by atoms with Gasteiger partial charge in [0, 0.05) is 30.7 Å². The quantitative estimate of drug-likeness (QED) is 0.837. The van der Waals surface area contributed by atoms with E-state index in [4.69, 9.17) is 9.47 Å². The van der Waals surface area contributed by atoms with Crippen LogP contribution in [0.25, 0.3) is 0 Å². The third-order valence-corrected chi connectivity index (χ3v) is 3.22. The van der Waals surface area contributed by atoms with E-state index in [0.717, 1.165) is 15.8 Å². The van der Waals surface area contributed by atoms with Gasteiger partial charge < -0.3 is 14.4 Å². The first-order valence-corrected chi connectivity index (χ1v) is 6.39. The molecule has 0 saturated heterocycles. The zero-order valence-electron chi connectivity index (χ0n) is 11.1. The van der Waals surface area contributed by atoms with Crippen LogP contribution in [0.2, 0.25) is 0 Å². The summed E-state index contributed by atoms with van der Waals surface area (Å²) in [6.45, 7) is 2.21. The Balaban J connectivity index is 2.83. The number of amides is 1. The summed E-state index contributed by atoms with van der Waals surface area (Å²) in [5, 5.41) is 0. The van der Waals surface area contributed by atoms with Crippen LogP contribution in [0, 0.1) is 0 Å². The Kier molecular flexibility index (Phi) is 5.62. The molecule has 5 heteroatoms. The summed E-state index contributed by atoms with van der Waals surface area (Å²) < 4.78 is 11.3. The van der Waals surface area contributed by atoms with Crippen LogP contribution in [0.3, 0.4) is 0 Å². The Morgan fingerprint density at radius 1 is 1.44 bits per heavy atom. The maximum atomic E-state index is 11.9. The number of methoxy groups -OCH3 is 2. The van der Waals surface area contributed by atoms with E-state index < -0.39 is 6.10 Å². The second-order valence-electron chi connectivity index (χ2n) is 4.03. The molecule has 18 heavy (non-hydrogen) atoms. The van der Waals surface area contributed by atoms with E-state index in [1.54, 1.807) is 26.0 Å². The minimum Gasteiger partial charge on any atom is -0.496 e. The number of carbonyl (C=O) groups excluding carboxylic acids is 1. The van der Waals surface area contributed by atoms with Crippen LogP contribution in [0.4, 0.5) is 0 Å². The molecule has 1 unspecified atom stereocenters. The van der Waals surface area contributed by atoms with Crippen molar-refractivity contribution in [3.63, 3.8) is 0 Å². The predicted molar refractivity (Wildman–Crippen MR) is 73.6 cm³/mol. The van der Waals surface area contributed by atoms with Gasteiger partial charge in [-0.3, -0.25) is 4.79 Å². The summed E-state index contributed by atoms with van der Waals surface area (Å²) in [4.78, 5) is 13.5. The van der Waals surface area contributed by atoms with Crippen molar-refractivity contribution in [2.75, 3.05) is 21.3 Å². The van der Waals surface area contributed by atoms with Crippen LogP contribution in [-0.4, -0.2) is 38.2 Å². The van der Waals surface area contributed by atoms with Crippen molar-refractivity contribution in [2.24, 2.45) is 0 Å². The van der Waals surface area contributed by atoms with Gasteiger partial charge in [0.1, 0.15) is 11.9 Å². The average Bonchev–Trinajstić information content (AvgIpc) is 2.37. The molecule has 0 heterocycles. The smallest absolute Gasteiger partial charge is 0.251 e. The molecule has 100 valence electrons. The van der Waals surface area contributed by atoms with E-state index >= 15 is 0 Å². The van der Waals surface area contributed by atoms with Gasteiger partial charge in [-0.15, -0.1) is 0 Å². The first kappa shape index (κ1) is 15.0. The normalized spacial score (nSPS) is 12.1. The van der Waals surface area contributed by atoms with Gasteiger partial charge in [0.05, 0.1) is 7.11 Å². The summed E-state index contributed by atoms with van der Waals surface area (Å²) in [6, 6.07) is 5.72. The van der Waals surface area contributed by atoms with Crippen molar-refractivity contribution in [2.45, 2.75) is 19.6 Å². The van der Waals surface area contributed by atoms with Crippen molar-refractivity contribution >= 4 is 21.8 Å². The lowest BCUT2D eigenvalue weighted by Crippen LogP contribution is -2.35. The lowest BCUT2D eigenvalue weighted by Gasteiger charge is -2.21. The largest absolute Gasteiger partial charge is 0.496 e. The highest BCUT2D eigenvalue weighted by atomic mass is 79.9. The summed E-state index contributed by atoms with van der Waals surface area (Å²) in [7, 11) is 4.89. The van der Waals surface area contributed by atoms with E-state index in [1.165, 1.54) is 7.11 Å². The maximum absolute atomic E-state index is 11.9. The fraction of sp³-hybridized carbons (Fsp3) is 0.462. The van der Waals surface area contributed by atoms with Gasteiger partial charge in [0.25, 0.3) is 5.91 Å². The second kappa shape index (κ2) is 6.75. The van der Waals surface area contributed by atoms with Crippen molar-refractivity contribution in [1.82, 2.24) is 4.90 Å². The number of halogens is 1. The topological polar surface area (TPSA) is 38.8 Å². The summed E-state index contributed by atoms with van der Waals surface area (Å²) in [5.41, 5.74) is 0.950. The molecule has 1 rings (SSSR count). The molecule has 1 aromatic rings. The summed E-state index contributed by atoms with van der Waals surface area (Å²) in [6.07, 6.45) is -0.437. The third kappa shape index (κ3) is 3.71. The minimum absolute atomic E-state index is 0.0560. The summed E-state index contributed by atoms with van der Waals surface area (Å²) in [5.74, 6) is 0.711. The zero-order valence-corrected chi connectivity index (χ0v) is 12.7. The van der Waals surface area contributed by atoms with Crippen molar-refractivity contribution < 1.29 is 14.3 Å². The number of nitrogens with zero attached hydrogens (tertiary/aromatic N) is 1. The number of ether oxygens (including phenoxy) is 2. The molecule has 0 fully saturated rings. The predicted octanol–water partition coefficient (Wildman–Crippen LogP) is 2.45. The molecule has 1 atom stereocenters. The van der Waals surface area contributed by atoms with Crippen molar-refractivity contribution in [3.8, 4) is 5.75 Å². The van der Waals surface area contributed by atoms with E-state index in [9.17, 15) is 4.79 Å². The lowest BCUT2D eigenvalue weighted by molar-refractivity contribution is -0.140. The Morgan fingerprint density at radius 2 is 2.11 bits per heavy atom. The third-order valence-electron chi connectivity index (χ3n) is 2.73. The van der Waals surface area contributed by atoms with E-state index in [1.807, 2.05) is 18.2 Å². The first-order valence-electron chi connectivity index (χ1n) is 5.59. The van der Waals surface area contributed by atoms with Crippen LogP contribution in [0.5, 0.6) is 5.75 Å². The van der Waals surface area contributed by atoms with Gasteiger partial charge in [0.15, 0.2) is 0 Å². The van der Waals surface area contributed by atoms with Gasteiger partial charge in [-0.25, -0.2) is 0 Å². The van der Waals surface area contributed by atoms with Crippen LogP contribution >= 0.6 is 15.9 Å². The molecule has 0 N–H and O–H groups in total. The number of rotatable bonds is 5. The zero-order chi connectivity index (χ0) is 13.7. The molecule has 0 aromatic heterocycles. The molecule has 1 amide bonds. The van der Waals surface area contributed by atoms with Crippen LogP contribution < -0.4 is 4.74 Å². The fourth-order valence-electron chi connectivity index (χ4n) is 1.62. The van der Waals surface area contributed by atoms with E-state index in [-0.39, 0.29) is 5.91 Å². The molecule has 0 bridgehead atoms. The number of hydrogen-bond acceptors (Lipinski definition) is 3. The molecule has 0 aliphatic carbocycles. The van der Waals surface area contributed by atoms with Crippen LogP contribution in [0.15, 0.2) is 22.7 Å². The van der Waals surface area contributed by atoms with Gasteiger partial charge in [-0.1, -0.05) is 15.9 Å². The Hall–Kier alpha value is -1.07. The number of benzene rings is 1. The first-order chi connectivity index (χ1) is 8.49. The molecule has 1 aromatic carbocycles. The highest BCUT2D eigenvalue weighted by Crippen LogP contribution is 2.24. The molecule has 0 aliphatic rings. The molecule has 4 nitrogen and oxygen atoms in total. The van der Waals surface area contributed by atoms with Crippen molar-refractivity contribution in [1.29, 1.82) is 0 Å². The van der Waals surface area contributed by atoms with Gasteiger partial charge >= 0.3 is 0 Å². The molecular formula is C13H18BrNO3. The molecular weight excluding hydrogens is 298 g/mol. The van der Waals surface area contributed by atoms with E-state index in [2.05, 4.69) is 15.9 Å². The minimum atomic E-state index is -0.437. The standard InChI is InChI=1S/C13H18BrNO3/c1-9(17-3)13(16)15(2)8-10-7-11(14)5-6-12(10)18-4/h5-7,9H,8H2,1-4H3. The average molecular weight is 316 g/mol. The van der Waals surface area contributed by atoms with Crippen LogP contribution in [0.1, 0.15) is 12.5 Å². The summed E-state index contributed by atoms with van der Waals surface area (Å²) >= 11 is 3.41. The fourth-order valence-corrected chi connectivity index (χ4v) is 2.02. The Labute approximate surface area is 116 Å². The highest BCUT2D eigenvalue weighted by molar-refractivity contribution is 9.10.